The van der Waals surface area contributed by atoms with Crippen LogP contribution < -0.4 is 4.74 Å². The van der Waals surface area contributed by atoms with E-state index in [0.717, 1.165) is 22.9 Å². The fourth-order valence-electron chi connectivity index (χ4n) is 1.52. The van der Waals surface area contributed by atoms with Gasteiger partial charge in [-0.1, -0.05) is 12.1 Å². The van der Waals surface area contributed by atoms with Crippen molar-refractivity contribution in [2.45, 2.75) is 6.92 Å². The molecule has 2 aromatic rings. The summed E-state index contributed by atoms with van der Waals surface area (Å²) in [7, 11) is 0. The third-order valence-corrected chi connectivity index (χ3v) is 2.14. The maximum absolute atomic E-state index is 10.7. The quantitative estimate of drug-likeness (QED) is 0.753. The van der Waals surface area contributed by atoms with Gasteiger partial charge in [0.2, 0.25) is 0 Å². The Balaban J connectivity index is 2.63. The Morgan fingerprint density at radius 1 is 1.50 bits per heavy atom. The number of hydrogen-bond donors (Lipinski definition) is 1. The predicted molar refractivity (Wildman–Crippen MR) is 54.9 cm³/mol. The summed E-state index contributed by atoms with van der Waals surface area (Å²) >= 11 is 0. The maximum Gasteiger partial charge on any atom is 0.152 e. The minimum atomic E-state index is 0.620. The Morgan fingerprint density at radius 3 is 3.07 bits per heavy atom. The number of aromatic amines is 1. The number of rotatable bonds is 3. The molecule has 0 aliphatic heterocycles. The highest BCUT2D eigenvalue weighted by Gasteiger charge is 2.06. The second-order valence-electron chi connectivity index (χ2n) is 2.97. The van der Waals surface area contributed by atoms with E-state index >= 15 is 0 Å². The van der Waals surface area contributed by atoms with Crippen LogP contribution in [0.1, 0.15) is 17.3 Å². The first kappa shape index (κ1) is 8.81. The normalized spacial score (nSPS) is 10.4. The van der Waals surface area contributed by atoms with Gasteiger partial charge in [0.15, 0.2) is 6.29 Å². The molecule has 0 unspecified atom stereocenters. The lowest BCUT2D eigenvalue weighted by molar-refractivity contribution is 0.112. The Morgan fingerprint density at radius 2 is 2.36 bits per heavy atom. The average Bonchev–Trinajstić information content (AvgIpc) is 2.62. The number of H-pyrrole nitrogens is 1. The van der Waals surface area contributed by atoms with Crippen molar-refractivity contribution in [3.05, 3.63) is 30.0 Å². The number of ether oxygens (including phenoxy) is 1. The molecule has 3 heteroatoms. The summed E-state index contributed by atoms with van der Waals surface area (Å²) in [4.78, 5) is 13.7. The molecular weight excluding hydrogens is 178 g/mol. The largest absolute Gasteiger partial charge is 0.492 e. The van der Waals surface area contributed by atoms with Gasteiger partial charge in [0.25, 0.3) is 0 Å². The zero-order valence-electron chi connectivity index (χ0n) is 7.91. The van der Waals surface area contributed by atoms with Crippen LogP contribution in [0, 0.1) is 0 Å². The highest BCUT2D eigenvalue weighted by Crippen LogP contribution is 2.26. The molecule has 0 saturated carbocycles. The van der Waals surface area contributed by atoms with Crippen molar-refractivity contribution in [2.24, 2.45) is 0 Å². The summed E-state index contributed by atoms with van der Waals surface area (Å²) in [6.45, 7) is 2.55. The number of para-hydroxylation sites is 1. The Kier molecular flexibility index (Phi) is 2.23. The van der Waals surface area contributed by atoms with E-state index in [2.05, 4.69) is 4.98 Å². The van der Waals surface area contributed by atoms with E-state index in [1.807, 2.05) is 25.1 Å². The van der Waals surface area contributed by atoms with Gasteiger partial charge in [-0.15, -0.1) is 0 Å². The van der Waals surface area contributed by atoms with Crippen molar-refractivity contribution in [3.8, 4) is 5.75 Å². The van der Waals surface area contributed by atoms with Gasteiger partial charge in [0.1, 0.15) is 5.75 Å². The molecule has 0 fully saturated rings. The van der Waals surface area contributed by atoms with Gasteiger partial charge in [-0.05, 0) is 13.0 Å². The first-order valence-electron chi connectivity index (χ1n) is 4.55. The van der Waals surface area contributed by atoms with E-state index in [1.165, 1.54) is 0 Å². The van der Waals surface area contributed by atoms with Crippen LogP contribution in [0.2, 0.25) is 0 Å². The van der Waals surface area contributed by atoms with Crippen molar-refractivity contribution < 1.29 is 9.53 Å². The standard InChI is InChI=1S/C11H11NO2/c1-2-14-10-5-3-4-9-8(7-13)6-12-11(9)10/h3-7,12H,2H2,1H3. The predicted octanol–water partition coefficient (Wildman–Crippen LogP) is 2.38. The number of carbonyl (C=O) groups excluding carboxylic acids is 1. The van der Waals surface area contributed by atoms with Crippen LogP contribution >= 0.6 is 0 Å². The van der Waals surface area contributed by atoms with Crippen LogP contribution in [0.4, 0.5) is 0 Å². The molecule has 0 amide bonds. The van der Waals surface area contributed by atoms with Crippen molar-refractivity contribution in [1.82, 2.24) is 4.98 Å². The third kappa shape index (κ3) is 1.27. The number of hydrogen-bond acceptors (Lipinski definition) is 2. The number of benzene rings is 1. The van der Waals surface area contributed by atoms with E-state index < -0.39 is 0 Å². The lowest BCUT2D eigenvalue weighted by atomic mass is 10.2. The first-order valence-corrected chi connectivity index (χ1v) is 4.55. The van der Waals surface area contributed by atoms with Crippen LogP contribution in [0.3, 0.4) is 0 Å². The molecule has 0 radical (unpaired) electrons. The van der Waals surface area contributed by atoms with Gasteiger partial charge < -0.3 is 9.72 Å². The van der Waals surface area contributed by atoms with Crippen molar-refractivity contribution in [3.63, 3.8) is 0 Å². The topological polar surface area (TPSA) is 42.1 Å². The molecule has 2 rings (SSSR count). The monoisotopic (exact) mass is 189 g/mol. The highest BCUT2D eigenvalue weighted by atomic mass is 16.5. The molecular formula is C11H11NO2. The molecule has 72 valence electrons. The molecule has 0 spiro atoms. The van der Waals surface area contributed by atoms with Crippen LogP contribution in [0.25, 0.3) is 10.9 Å². The third-order valence-electron chi connectivity index (χ3n) is 2.14. The van der Waals surface area contributed by atoms with Gasteiger partial charge in [0, 0.05) is 17.1 Å². The molecule has 0 saturated heterocycles. The Bertz CT molecular complexity index is 459. The average molecular weight is 189 g/mol. The summed E-state index contributed by atoms with van der Waals surface area (Å²) in [5.74, 6) is 0.790. The van der Waals surface area contributed by atoms with E-state index in [-0.39, 0.29) is 0 Å². The molecule has 0 aliphatic rings. The molecule has 0 aliphatic carbocycles. The number of aldehydes is 1. The van der Waals surface area contributed by atoms with Gasteiger partial charge in [-0.2, -0.15) is 0 Å². The molecule has 3 nitrogen and oxygen atoms in total. The Labute approximate surface area is 81.7 Å². The first-order chi connectivity index (χ1) is 6.86. The van der Waals surface area contributed by atoms with Crippen LogP contribution in [-0.4, -0.2) is 17.9 Å². The Hall–Kier alpha value is -1.77. The number of nitrogens with one attached hydrogen (secondary N) is 1. The summed E-state index contributed by atoms with van der Waals surface area (Å²) in [6, 6.07) is 5.67. The molecule has 1 aromatic heterocycles. The van der Waals surface area contributed by atoms with Crippen molar-refractivity contribution >= 4 is 17.2 Å². The number of carbonyl (C=O) groups is 1. The van der Waals surface area contributed by atoms with E-state index in [4.69, 9.17) is 4.74 Å². The molecule has 1 aromatic carbocycles. The summed E-state index contributed by atoms with van der Waals surface area (Å²) < 4.78 is 5.43. The zero-order chi connectivity index (χ0) is 9.97. The van der Waals surface area contributed by atoms with Crippen LogP contribution in [-0.2, 0) is 0 Å². The van der Waals surface area contributed by atoms with E-state index in [1.54, 1.807) is 6.20 Å². The fraction of sp³-hybridized carbons (Fsp3) is 0.182. The second-order valence-corrected chi connectivity index (χ2v) is 2.97. The SMILES string of the molecule is CCOc1cccc2c(C=O)c[nH]c12. The van der Waals surface area contributed by atoms with E-state index in [0.29, 0.717) is 12.2 Å². The molecule has 14 heavy (non-hydrogen) atoms. The summed E-state index contributed by atoms with van der Waals surface area (Å²) in [6.07, 6.45) is 2.54. The van der Waals surface area contributed by atoms with Crippen LogP contribution in [0.15, 0.2) is 24.4 Å². The van der Waals surface area contributed by atoms with Gasteiger partial charge in [0.05, 0.1) is 12.1 Å². The fourth-order valence-corrected chi connectivity index (χ4v) is 1.52. The highest BCUT2D eigenvalue weighted by molar-refractivity contribution is 5.99. The minimum Gasteiger partial charge on any atom is -0.492 e. The van der Waals surface area contributed by atoms with Gasteiger partial charge in [-0.3, -0.25) is 4.79 Å². The number of aromatic nitrogens is 1. The summed E-state index contributed by atoms with van der Waals surface area (Å²) in [5, 5.41) is 0.908. The number of fused-ring (bicyclic) bond motifs is 1. The van der Waals surface area contributed by atoms with E-state index in [9.17, 15) is 4.79 Å². The lowest BCUT2D eigenvalue weighted by Gasteiger charge is -2.03. The minimum absolute atomic E-state index is 0.620. The molecule has 1 N–H and O–H groups in total. The molecule has 0 bridgehead atoms. The molecule has 0 atom stereocenters. The lowest BCUT2D eigenvalue weighted by Crippen LogP contribution is -1.91. The van der Waals surface area contributed by atoms with Crippen molar-refractivity contribution in [2.75, 3.05) is 6.61 Å². The van der Waals surface area contributed by atoms with Crippen LogP contribution in [0.5, 0.6) is 5.75 Å². The van der Waals surface area contributed by atoms with Gasteiger partial charge in [-0.25, -0.2) is 0 Å². The second kappa shape index (κ2) is 3.54. The maximum atomic E-state index is 10.7. The van der Waals surface area contributed by atoms with Crippen molar-refractivity contribution in [1.29, 1.82) is 0 Å². The van der Waals surface area contributed by atoms with Gasteiger partial charge >= 0.3 is 0 Å². The smallest absolute Gasteiger partial charge is 0.152 e. The summed E-state index contributed by atoms with van der Waals surface area (Å²) in [5.41, 5.74) is 1.55. The molecule has 1 heterocycles. The zero-order valence-corrected chi connectivity index (χ0v) is 7.91.